The van der Waals surface area contributed by atoms with Crippen LogP contribution in [0.15, 0.2) is 24.5 Å². The van der Waals surface area contributed by atoms with E-state index >= 15 is 0 Å². The molecule has 0 amide bonds. The fourth-order valence-corrected chi connectivity index (χ4v) is 1.63. The molecule has 0 fully saturated rings. The molecular formula is C12H13ClN4O2. The fourth-order valence-electron chi connectivity index (χ4n) is 1.51. The van der Waals surface area contributed by atoms with E-state index in [9.17, 15) is 0 Å². The molecule has 0 saturated carbocycles. The number of hydrogen-bond acceptors (Lipinski definition) is 6. The van der Waals surface area contributed by atoms with Crippen LogP contribution < -0.4 is 20.7 Å². The summed E-state index contributed by atoms with van der Waals surface area (Å²) >= 11 is 5.96. The van der Waals surface area contributed by atoms with Gasteiger partial charge in [0, 0.05) is 5.02 Å². The van der Waals surface area contributed by atoms with E-state index in [-0.39, 0.29) is 5.88 Å². The third-order valence-corrected chi connectivity index (χ3v) is 2.88. The van der Waals surface area contributed by atoms with E-state index in [0.29, 0.717) is 22.3 Å². The van der Waals surface area contributed by atoms with Crippen molar-refractivity contribution in [1.82, 2.24) is 9.97 Å². The Hall–Kier alpha value is -2.05. The number of nitrogens with two attached hydrogens (primary N) is 1. The molecule has 100 valence electrons. The average Bonchev–Trinajstić information content (AvgIpc) is 2.42. The zero-order valence-corrected chi connectivity index (χ0v) is 11.2. The second-order valence-corrected chi connectivity index (χ2v) is 4.13. The number of hydrazine groups is 1. The van der Waals surface area contributed by atoms with Crippen molar-refractivity contribution in [3.63, 3.8) is 0 Å². The molecule has 0 bridgehead atoms. The monoisotopic (exact) mass is 280 g/mol. The van der Waals surface area contributed by atoms with Gasteiger partial charge in [0.1, 0.15) is 12.1 Å². The predicted octanol–water partition coefficient (Wildman–Crippen LogP) is 2.52. The van der Waals surface area contributed by atoms with Gasteiger partial charge in [-0.05, 0) is 30.7 Å². The Morgan fingerprint density at radius 3 is 2.74 bits per heavy atom. The summed E-state index contributed by atoms with van der Waals surface area (Å²) in [6, 6.07) is 5.30. The molecule has 0 spiro atoms. The van der Waals surface area contributed by atoms with Crippen LogP contribution in [0, 0.1) is 6.92 Å². The number of benzene rings is 1. The Labute approximate surface area is 115 Å². The van der Waals surface area contributed by atoms with Gasteiger partial charge in [-0.2, -0.15) is 4.98 Å². The minimum absolute atomic E-state index is 0.271. The van der Waals surface area contributed by atoms with Gasteiger partial charge in [-0.1, -0.05) is 11.6 Å². The highest BCUT2D eigenvalue weighted by molar-refractivity contribution is 6.31. The molecule has 19 heavy (non-hydrogen) atoms. The van der Waals surface area contributed by atoms with E-state index < -0.39 is 0 Å². The molecule has 3 N–H and O–H groups in total. The van der Waals surface area contributed by atoms with Crippen LogP contribution in [0.25, 0.3) is 0 Å². The second-order valence-electron chi connectivity index (χ2n) is 3.72. The molecule has 6 nitrogen and oxygen atoms in total. The first-order chi connectivity index (χ1) is 9.15. The fraction of sp³-hybridized carbons (Fsp3) is 0.167. The van der Waals surface area contributed by atoms with Crippen molar-refractivity contribution in [2.45, 2.75) is 6.92 Å². The highest BCUT2D eigenvalue weighted by atomic mass is 35.5. The maximum atomic E-state index is 5.96. The Bertz CT molecular complexity index is 592. The maximum absolute atomic E-state index is 5.96. The average molecular weight is 281 g/mol. The van der Waals surface area contributed by atoms with E-state index in [1.54, 1.807) is 18.2 Å². The highest BCUT2D eigenvalue weighted by Gasteiger charge is 2.13. The van der Waals surface area contributed by atoms with Gasteiger partial charge < -0.3 is 14.9 Å². The molecular weight excluding hydrogens is 268 g/mol. The summed E-state index contributed by atoms with van der Waals surface area (Å²) in [4.78, 5) is 7.95. The SMILES string of the molecule is COc1c(NN)ncnc1Oc1ccc(Cl)c(C)c1. The van der Waals surface area contributed by atoms with Crippen molar-refractivity contribution < 1.29 is 9.47 Å². The number of nitrogens with one attached hydrogen (secondary N) is 1. The third-order valence-electron chi connectivity index (χ3n) is 2.46. The van der Waals surface area contributed by atoms with E-state index in [0.717, 1.165) is 5.56 Å². The molecule has 0 aliphatic rings. The van der Waals surface area contributed by atoms with Crippen LogP contribution >= 0.6 is 11.6 Å². The number of aryl methyl sites for hydroxylation is 1. The molecule has 0 aliphatic carbocycles. The Balaban J connectivity index is 2.35. The van der Waals surface area contributed by atoms with Crippen LogP contribution in [-0.4, -0.2) is 17.1 Å². The van der Waals surface area contributed by atoms with Crippen molar-refractivity contribution in [3.05, 3.63) is 35.1 Å². The summed E-state index contributed by atoms with van der Waals surface area (Å²) in [6.07, 6.45) is 1.33. The van der Waals surface area contributed by atoms with Crippen LogP contribution in [0.4, 0.5) is 5.82 Å². The maximum Gasteiger partial charge on any atom is 0.268 e. The van der Waals surface area contributed by atoms with Crippen molar-refractivity contribution >= 4 is 17.4 Å². The van der Waals surface area contributed by atoms with Crippen molar-refractivity contribution in [2.75, 3.05) is 12.5 Å². The summed E-state index contributed by atoms with van der Waals surface area (Å²) in [5.41, 5.74) is 3.32. The quantitative estimate of drug-likeness (QED) is 0.661. The summed E-state index contributed by atoms with van der Waals surface area (Å²) in [7, 11) is 1.49. The molecule has 0 saturated heterocycles. The van der Waals surface area contributed by atoms with E-state index in [4.69, 9.17) is 26.9 Å². The smallest absolute Gasteiger partial charge is 0.268 e. The van der Waals surface area contributed by atoms with Gasteiger partial charge in [0.15, 0.2) is 5.82 Å². The molecule has 2 aromatic rings. The van der Waals surface area contributed by atoms with Gasteiger partial charge in [0.25, 0.3) is 5.88 Å². The molecule has 1 aromatic carbocycles. The molecule has 1 heterocycles. The van der Waals surface area contributed by atoms with Gasteiger partial charge in [0.2, 0.25) is 5.75 Å². The first kappa shape index (κ1) is 13.4. The molecule has 0 aliphatic heterocycles. The summed E-state index contributed by atoms with van der Waals surface area (Å²) in [5.74, 6) is 6.89. The predicted molar refractivity (Wildman–Crippen MR) is 72.7 cm³/mol. The van der Waals surface area contributed by atoms with E-state index in [2.05, 4.69) is 15.4 Å². The van der Waals surface area contributed by atoms with Gasteiger partial charge in [-0.3, -0.25) is 0 Å². The molecule has 0 radical (unpaired) electrons. The summed E-state index contributed by atoms with van der Waals surface area (Å²) in [6.45, 7) is 1.89. The normalized spacial score (nSPS) is 10.1. The number of nitrogen functional groups attached to an aromatic ring is 1. The molecule has 1 aromatic heterocycles. The lowest BCUT2D eigenvalue weighted by Gasteiger charge is -2.12. The van der Waals surface area contributed by atoms with Crippen LogP contribution in [0.1, 0.15) is 5.56 Å². The van der Waals surface area contributed by atoms with Crippen LogP contribution in [0.3, 0.4) is 0 Å². The van der Waals surface area contributed by atoms with Gasteiger partial charge in [0.05, 0.1) is 7.11 Å². The number of halogens is 1. The van der Waals surface area contributed by atoms with Crippen LogP contribution in [0.5, 0.6) is 17.4 Å². The Kier molecular flexibility index (Phi) is 4.03. The largest absolute Gasteiger partial charge is 0.489 e. The van der Waals surface area contributed by atoms with E-state index in [1.807, 2.05) is 6.92 Å². The van der Waals surface area contributed by atoms with Crippen LogP contribution in [0.2, 0.25) is 5.02 Å². The first-order valence-electron chi connectivity index (χ1n) is 5.45. The number of ether oxygens (including phenoxy) is 2. The number of nitrogens with zero attached hydrogens (tertiary/aromatic N) is 2. The number of aromatic nitrogens is 2. The Morgan fingerprint density at radius 1 is 1.32 bits per heavy atom. The summed E-state index contributed by atoms with van der Waals surface area (Å²) in [5, 5.41) is 0.673. The second kappa shape index (κ2) is 5.73. The minimum Gasteiger partial charge on any atom is -0.489 e. The van der Waals surface area contributed by atoms with Crippen molar-refractivity contribution in [1.29, 1.82) is 0 Å². The third kappa shape index (κ3) is 2.86. The van der Waals surface area contributed by atoms with Crippen LogP contribution in [-0.2, 0) is 0 Å². The topological polar surface area (TPSA) is 82.3 Å². The zero-order valence-electron chi connectivity index (χ0n) is 10.5. The standard InChI is InChI=1S/C12H13ClN4O2/c1-7-5-8(3-4-9(7)13)19-12-10(18-2)11(17-14)15-6-16-12/h3-6H,14H2,1-2H3,(H,15,16,17). The minimum atomic E-state index is 0.271. The number of anilines is 1. The van der Waals surface area contributed by atoms with Gasteiger partial charge >= 0.3 is 0 Å². The molecule has 0 unspecified atom stereocenters. The lowest BCUT2D eigenvalue weighted by Crippen LogP contribution is -2.10. The highest BCUT2D eigenvalue weighted by Crippen LogP contribution is 2.34. The lowest BCUT2D eigenvalue weighted by atomic mass is 10.2. The molecule has 2 rings (SSSR count). The van der Waals surface area contributed by atoms with Gasteiger partial charge in [-0.15, -0.1) is 0 Å². The van der Waals surface area contributed by atoms with Crippen molar-refractivity contribution in [3.8, 4) is 17.4 Å². The zero-order chi connectivity index (χ0) is 13.8. The van der Waals surface area contributed by atoms with Crippen molar-refractivity contribution in [2.24, 2.45) is 5.84 Å². The van der Waals surface area contributed by atoms with Gasteiger partial charge in [-0.25, -0.2) is 10.8 Å². The van der Waals surface area contributed by atoms with E-state index in [1.165, 1.54) is 13.4 Å². The summed E-state index contributed by atoms with van der Waals surface area (Å²) < 4.78 is 10.8. The first-order valence-corrected chi connectivity index (χ1v) is 5.83. The molecule has 0 atom stereocenters. The number of methoxy groups -OCH3 is 1. The Morgan fingerprint density at radius 2 is 2.11 bits per heavy atom. The number of rotatable bonds is 4. The molecule has 7 heteroatoms. The lowest BCUT2D eigenvalue weighted by molar-refractivity contribution is 0.369. The number of hydrogen-bond donors (Lipinski definition) is 2.